The lowest BCUT2D eigenvalue weighted by Gasteiger charge is -2.11. The summed E-state index contributed by atoms with van der Waals surface area (Å²) >= 11 is 1.32. The number of nitrogens with one attached hydrogen (secondary N) is 1. The van der Waals surface area contributed by atoms with Crippen molar-refractivity contribution in [3.8, 4) is 28.6 Å². The first kappa shape index (κ1) is 21.0. The zero-order valence-corrected chi connectivity index (χ0v) is 18.5. The number of anilines is 1. The van der Waals surface area contributed by atoms with Gasteiger partial charge in [0, 0.05) is 41.8 Å². The molecule has 0 unspecified atom stereocenters. The van der Waals surface area contributed by atoms with Crippen molar-refractivity contribution >= 4 is 23.4 Å². The molecule has 2 aromatic heterocycles. The van der Waals surface area contributed by atoms with Crippen LogP contribution in [0.5, 0.6) is 11.5 Å². The van der Waals surface area contributed by atoms with Gasteiger partial charge in [0.05, 0.1) is 19.0 Å². The first-order valence-corrected chi connectivity index (χ1v) is 11.5. The van der Waals surface area contributed by atoms with Gasteiger partial charge in [0.1, 0.15) is 0 Å². The molecule has 166 valence electrons. The van der Waals surface area contributed by atoms with Crippen molar-refractivity contribution in [1.29, 1.82) is 0 Å². The number of benzene rings is 2. The number of ether oxygens (including phenoxy) is 2. The van der Waals surface area contributed by atoms with Gasteiger partial charge in [-0.1, -0.05) is 30.0 Å². The topological polar surface area (TPSA) is 91.2 Å². The Morgan fingerprint density at radius 3 is 2.67 bits per heavy atom. The molecule has 1 aliphatic heterocycles. The second kappa shape index (κ2) is 9.74. The number of fused-ring (bicyclic) bond motifs is 1. The Hall–Kier alpha value is -3.85. The van der Waals surface area contributed by atoms with E-state index < -0.39 is 0 Å². The van der Waals surface area contributed by atoms with Gasteiger partial charge in [-0.05, 0) is 36.4 Å². The monoisotopic (exact) mass is 459 g/mol. The molecule has 0 radical (unpaired) electrons. The second-order valence-corrected chi connectivity index (χ2v) is 8.21. The molecule has 2 aromatic carbocycles. The lowest BCUT2D eigenvalue weighted by Crippen LogP contribution is -2.14. The Balaban J connectivity index is 1.33. The van der Waals surface area contributed by atoms with Gasteiger partial charge in [-0.3, -0.25) is 14.3 Å². The van der Waals surface area contributed by atoms with Crippen LogP contribution in [0.25, 0.3) is 17.1 Å². The van der Waals surface area contributed by atoms with Crippen LogP contribution in [0, 0.1) is 0 Å². The number of nitrogens with zero attached hydrogens (tertiary/aromatic N) is 4. The average Bonchev–Trinajstić information content (AvgIpc) is 3.14. The van der Waals surface area contributed by atoms with Gasteiger partial charge in [-0.15, -0.1) is 10.2 Å². The number of para-hydroxylation sites is 1. The van der Waals surface area contributed by atoms with Gasteiger partial charge in [-0.2, -0.15) is 0 Å². The van der Waals surface area contributed by atoms with E-state index in [4.69, 9.17) is 9.47 Å². The first-order valence-electron chi connectivity index (χ1n) is 10.5. The minimum absolute atomic E-state index is 0.153. The zero-order valence-electron chi connectivity index (χ0n) is 17.7. The standard InChI is InChI=1S/C24H21N5O3S/c30-22(26-18-9-10-20-21(14-18)32-13-5-12-31-20)16-33-24-28-27-23(17-6-4-11-25-15-17)29(24)19-7-2-1-3-8-19/h1-4,6-11,14-15H,5,12-13,16H2,(H,26,30). The number of carbonyl (C=O) groups excluding carboxylic acids is 1. The van der Waals surface area contributed by atoms with E-state index in [2.05, 4.69) is 20.5 Å². The molecule has 3 heterocycles. The summed E-state index contributed by atoms with van der Waals surface area (Å²) in [4.78, 5) is 16.9. The third kappa shape index (κ3) is 4.83. The summed E-state index contributed by atoms with van der Waals surface area (Å²) < 4.78 is 13.3. The van der Waals surface area contributed by atoms with Crippen LogP contribution in [-0.4, -0.2) is 44.6 Å². The summed E-state index contributed by atoms with van der Waals surface area (Å²) in [5, 5.41) is 12.3. The van der Waals surface area contributed by atoms with Crippen LogP contribution in [0.2, 0.25) is 0 Å². The van der Waals surface area contributed by atoms with E-state index in [9.17, 15) is 4.79 Å². The van der Waals surface area contributed by atoms with Gasteiger partial charge >= 0.3 is 0 Å². The lowest BCUT2D eigenvalue weighted by atomic mass is 10.2. The van der Waals surface area contributed by atoms with Crippen molar-refractivity contribution in [2.75, 3.05) is 24.3 Å². The highest BCUT2D eigenvalue weighted by molar-refractivity contribution is 7.99. The third-order valence-electron chi connectivity index (χ3n) is 4.93. The molecule has 5 rings (SSSR count). The predicted octanol–water partition coefficient (Wildman–Crippen LogP) is 4.22. The molecule has 9 heteroatoms. The second-order valence-electron chi connectivity index (χ2n) is 7.27. The summed E-state index contributed by atoms with van der Waals surface area (Å²) in [6.07, 6.45) is 4.29. The Morgan fingerprint density at radius 2 is 1.85 bits per heavy atom. The number of rotatable bonds is 6. The van der Waals surface area contributed by atoms with E-state index in [1.807, 2.05) is 59.2 Å². The van der Waals surface area contributed by atoms with E-state index >= 15 is 0 Å². The molecular weight excluding hydrogens is 438 g/mol. The minimum Gasteiger partial charge on any atom is -0.490 e. The number of hydrogen-bond donors (Lipinski definition) is 1. The molecule has 0 aliphatic carbocycles. The Bertz CT molecular complexity index is 1250. The summed E-state index contributed by atoms with van der Waals surface area (Å²) in [6, 6.07) is 19.0. The van der Waals surface area contributed by atoms with Crippen LogP contribution < -0.4 is 14.8 Å². The minimum atomic E-state index is -0.153. The fourth-order valence-electron chi connectivity index (χ4n) is 3.42. The number of amides is 1. The number of carbonyl (C=O) groups is 1. The maximum Gasteiger partial charge on any atom is 0.234 e. The molecule has 0 fully saturated rings. The molecular formula is C24H21N5O3S. The van der Waals surface area contributed by atoms with E-state index in [1.165, 1.54) is 11.8 Å². The van der Waals surface area contributed by atoms with Gasteiger partial charge in [0.15, 0.2) is 22.5 Å². The molecule has 4 aromatic rings. The fraction of sp³-hybridized carbons (Fsp3) is 0.167. The van der Waals surface area contributed by atoms with Crippen molar-refractivity contribution < 1.29 is 14.3 Å². The van der Waals surface area contributed by atoms with E-state index in [0.29, 0.717) is 41.4 Å². The van der Waals surface area contributed by atoms with Crippen LogP contribution in [0.3, 0.4) is 0 Å². The molecule has 0 atom stereocenters. The maximum absolute atomic E-state index is 12.7. The molecule has 1 N–H and O–H groups in total. The van der Waals surface area contributed by atoms with Crippen LogP contribution in [0.4, 0.5) is 5.69 Å². The van der Waals surface area contributed by atoms with Crippen molar-refractivity contribution in [3.63, 3.8) is 0 Å². The number of hydrogen-bond acceptors (Lipinski definition) is 7. The molecule has 0 saturated heterocycles. The highest BCUT2D eigenvalue weighted by Crippen LogP contribution is 2.32. The summed E-state index contributed by atoms with van der Waals surface area (Å²) in [5.41, 5.74) is 2.41. The van der Waals surface area contributed by atoms with Gasteiger partial charge in [-0.25, -0.2) is 0 Å². The fourth-order valence-corrected chi connectivity index (χ4v) is 4.18. The average molecular weight is 460 g/mol. The van der Waals surface area contributed by atoms with Crippen LogP contribution in [0.1, 0.15) is 6.42 Å². The Kier molecular flexibility index (Phi) is 6.21. The van der Waals surface area contributed by atoms with Crippen molar-refractivity contribution in [2.24, 2.45) is 0 Å². The zero-order chi connectivity index (χ0) is 22.5. The largest absolute Gasteiger partial charge is 0.490 e. The van der Waals surface area contributed by atoms with Crippen LogP contribution >= 0.6 is 11.8 Å². The smallest absolute Gasteiger partial charge is 0.234 e. The molecule has 33 heavy (non-hydrogen) atoms. The predicted molar refractivity (Wildman–Crippen MR) is 126 cm³/mol. The summed E-state index contributed by atoms with van der Waals surface area (Å²) in [7, 11) is 0. The quantitative estimate of drug-likeness (QED) is 0.432. The molecule has 1 amide bonds. The normalized spacial score (nSPS) is 12.7. The Morgan fingerprint density at radius 1 is 1.00 bits per heavy atom. The van der Waals surface area contributed by atoms with E-state index in [-0.39, 0.29) is 11.7 Å². The molecule has 8 nitrogen and oxygen atoms in total. The van der Waals surface area contributed by atoms with Gasteiger partial charge in [0.2, 0.25) is 5.91 Å². The van der Waals surface area contributed by atoms with Crippen molar-refractivity contribution in [1.82, 2.24) is 19.7 Å². The SMILES string of the molecule is O=C(CSc1nnc(-c2cccnc2)n1-c1ccccc1)Nc1ccc2c(c1)OCCCO2. The first-order chi connectivity index (χ1) is 16.3. The van der Waals surface area contributed by atoms with E-state index in [0.717, 1.165) is 17.7 Å². The maximum atomic E-state index is 12.7. The van der Waals surface area contributed by atoms with Gasteiger partial charge in [0.25, 0.3) is 0 Å². The summed E-state index contributed by atoms with van der Waals surface area (Å²) in [6.45, 7) is 1.22. The van der Waals surface area contributed by atoms with Gasteiger partial charge < -0.3 is 14.8 Å². The highest BCUT2D eigenvalue weighted by Gasteiger charge is 2.18. The van der Waals surface area contributed by atoms with Crippen molar-refractivity contribution in [2.45, 2.75) is 11.6 Å². The van der Waals surface area contributed by atoms with E-state index in [1.54, 1.807) is 18.5 Å². The molecule has 0 bridgehead atoms. The molecule has 0 saturated carbocycles. The molecule has 1 aliphatic rings. The number of pyridine rings is 1. The number of thioether (sulfide) groups is 1. The summed E-state index contributed by atoms with van der Waals surface area (Å²) in [5.74, 6) is 2.02. The third-order valence-corrected chi connectivity index (χ3v) is 5.86. The Labute approximate surface area is 195 Å². The highest BCUT2D eigenvalue weighted by atomic mass is 32.2. The van der Waals surface area contributed by atoms with Crippen LogP contribution in [-0.2, 0) is 4.79 Å². The number of aromatic nitrogens is 4. The van der Waals surface area contributed by atoms with Crippen LogP contribution in [0.15, 0.2) is 78.2 Å². The van der Waals surface area contributed by atoms with Crippen molar-refractivity contribution in [3.05, 3.63) is 73.1 Å². The molecule has 0 spiro atoms. The lowest BCUT2D eigenvalue weighted by molar-refractivity contribution is -0.113.